The lowest BCUT2D eigenvalue weighted by Crippen LogP contribution is -2.15. The molecule has 7 heteroatoms. The normalized spacial score (nSPS) is 10.1. The maximum Gasteiger partial charge on any atom is 0.278 e. The number of nitrogens with one attached hydrogen (secondary N) is 1. The van der Waals surface area contributed by atoms with E-state index in [0.29, 0.717) is 5.00 Å². The molecule has 0 aromatic carbocycles. The lowest BCUT2D eigenvalue weighted by atomic mass is 10.4. The van der Waals surface area contributed by atoms with Crippen LogP contribution < -0.4 is 11.1 Å². The number of aromatic nitrogens is 3. The fraction of sp³-hybridized carbons (Fsp3) is 0.111. The molecule has 1 amide bonds. The highest BCUT2D eigenvalue weighted by atomic mass is 32.1. The van der Waals surface area contributed by atoms with Gasteiger partial charge in [-0.15, -0.1) is 0 Å². The number of hydrogen-bond acceptors (Lipinski definition) is 6. The standard InChI is InChI=1S/C9H9N5OS/c1-5-4-6(16-14-5)13-9(15)7-8(10)12-3-2-11-7/h2-4H,1H3,(H2,10,12)(H,13,15). The molecule has 2 aromatic rings. The van der Waals surface area contributed by atoms with Crippen LogP contribution in [0.2, 0.25) is 0 Å². The van der Waals surface area contributed by atoms with Crippen LogP contribution in [-0.4, -0.2) is 20.2 Å². The van der Waals surface area contributed by atoms with Crippen molar-refractivity contribution in [3.63, 3.8) is 0 Å². The van der Waals surface area contributed by atoms with E-state index in [1.807, 2.05) is 6.92 Å². The third kappa shape index (κ3) is 2.14. The smallest absolute Gasteiger partial charge is 0.278 e. The molecule has 2 rings (SSSR count). The van der Waals surface area contributed by atoms with Crippen LogP contribution >= 0.6 is 11.5 Å². The highest BCUT2D eigenvalue weighted by Crippen LogP contribution is 2.16. The highest BCUT2D eigenvalue weighted by molar-refractivity contribution is 7.10. The topological polar surface area (TPSA) is 93.8 Å². The molecule has 0 bridgehead atoms. The fourth-order valence-corrected chi connectivity index (χ4v) is 1.77. The molecule has 0 unspecified atom stereocenters. The first kappa shape index (κ1) is 10.5. The van der Waals surface area contributed by atoms with E-state index in [-0.39, 0.29) is 17.4 Å². The van der Waals surface area contributed by atoms with Crippen molar-refractivity contribution in [3.8, 4) is 0 Å². The Hall–Kier alpha value is -2.02. The van der Waals surface area contributed by atoms with E-state index in [0.717, 1.165) is 5.69 Å². The van der Waals surface area contributed by atoms with E-state index in [1.165, 1.54) is 23.9 Å². The number of carbonyl (C=O) groups excluding carboxylic acids is 1. The maximum atomic E-state index is 11.7. The minimum Gasteiger partial charge on any atom is -0.382 e. The molecule has 0 saturated heterocycles. The molecule has 82 valence electrons. The van der Waals surface area contributed by atoms with Crippen LogP contribution in [0.15, 0.2) is 18.5 Å². The van der Waals surface area contributed by atoms with Crippen molar-refractivity contribution in [2.45, 2.75) is 6.92 Å². The first-order valence-corrected chi connectivity index (χ1v) is 5.25. The molecule has 0 aliphatic rings. The predicted octanol–water partition coefficient (Wildman–Crippen LogP) is 1.08. The van der Waals surface area contributed by atoms with Crippen molar-refractivity contribution in [1.82, 2.24) is 14.3 Å². The van der Waals surface area contributed by atoms with Gasteiger partial charge in [-0.05, 0) is 24.5 Å². The first-order chi connectivity index (χ1) is 7.66. The molecule has 2 aromatic heterocycles. The summed E-state index contributed by atoms with van der Waals surface area (Å²) in [6.07, 6.45) is 2.85. The first-order valence-electron chi connectivity index (χ1n) is 4.48. The Kier molecular flexibility index (Phi) is 2.78. The molecule has 0 fully saturated rings. The summed E-state index contributed by atoms with van der Waals surface area (Å²) in [4.78, 5) is 19.4. The zero-order valence-electron chi connectivity index (χ0n) is 8.47. The van der Waals surface area contributed by atoms with E-state index in [2.05, 4.69) is 19.7 Å². The number of hydrogen-bond donors (Lipinski definition) is 2. The Balaban J connectivity index is 2.18. The van der Waals surface area contributed by atoms with Crippen molar-refractivity contribution in [2.75, 3.05) is 11.1 Å². The van der Waals surface area contributed by atoms with Crippen LogP contribution in [0, 0.1) is 6.92 Å². The van der Waals surface area contributed by atoms with Gasteiger partial charge >= 0.3 is 0 Å². The van der Waals surface area contributed by atoms with E-state index < -0.39 is 0 Å². The Morgan fingerprint density at radius 3 is 2.81 bits per heavy atom. The molecule has 6 nitrogen and oxygen atoms in total. The lowest BCUT2D eigenvalue weighted by molar-refractivity contribution is 0.102. The monoisotopic (exact) mass is 235 g/mol. The molecular weight excluding hydrogens is 226 g/mol. The number of aryl methyl sites for hydroxylation is 1. The van der Waals surface area contributed by atoms with Crippen LogP contribution in [0.1, 0.15) is 16.2 Å². The number of amides is 1. The van der Waals surface area contributed by atoms with E-state index in [1.54, 1.807) is 6.07 Å². The third-order valence-corrected chi connectivity index (χ3v) is 2.60. The molecule has 0 spiro atoms. The number of rotatable bonds is 2. The van der Waals surface area contributed by atoms with Crippen molar-refractivity contribution in [3.05, 3.63) is 29.8 Å². The molecule has 3 N–H and O–H groups in total. The zero-order chi connectivity index (χ0) is 11.5. The largest absolute Gasteiger partial charge is 0.382 e. The molecule has 2 heterocycles. The molecular formula is C9H9N5OS. The second-order valence-electron chi connectivity index (χ2n) is 3.08. The summed E-state index contributed by atoms with van der Waals surface area (Å²) in [5.74, 6) is -0.268. The van der Waals surface area contributed by atoms with Crippen LogP contribution in [0.5, 0.6) is 0 Å². The van der Waals surface area contributed by atoms with Crippen LogP contribution in [0.4, 0.5) is 10.8 Å². The fourth-order valence-electron chi connectivity index (χ4n) is 1.12. The summed E-state index contributed by atoms with van der Waals surface area (Å²) in [5.41, 5.74) is 6.51. The van der Waals surface area contributed by atoms with Gasteiger partial charge in [-0.1, -0.05) is 0 Å². The average Bonchev–Trinajstić information content (AvgIpc) is 2.64. The zero-order valence-corrected chi connectivity index (χ0v) is 9.28. The summed E-state index contributed by atoms with van der Waals surface area (Å²) in [6.45, 7) is 1.85. The number of anilines is 2. The van der Waals surface area contributed by atoms with E-state index in [9.17, 15) is 4.79 Å². The van der Waals surface area contributed by atoms with Crippen molar-refractivity contribution < 1.29 is 4.79 Å². The van der Waals surface area contributed by atoms with Gasteiger partial charge < -0.3 is 11.1 Å². The minimum atomic E-state index is -0.380. The Bertz CT molecular complexity index is 524. The SMILES string of the molecule is Cc1cc(NC(=O)c2nccnc2N)sn1. The van der Waals surface area contributed by atoms with Crippen LogP contribution in [-0.2, 0) is 0 Å². The Morgan fingerprint density at radius 2 is 2.19 bits per heavy atom. The summed E-state index contributed by atoms with van der Waals surface area (Å²) in [7, 11) is 0. The average molecular weight is 235 g/mol. The second kappa shape index (κ2) is 4.23. The second-order valence-corrected chi connectivity index (χ2v) is 3.88. The van der Waals surface area contributed by atoms with Crippen molar-refractivity contribution in [1.29, 1.82) is 0 Å². The van der Waals surface area contributed by atoms with Crippen LogP contribution in [0.25, 0.3) is 0 Å². The van der Waals surface area contributed by atoms with E-state index in [4.69, 9.17) is 5.73 Å². The number of carbonyl (C=O) groups is 1. The molecule has 0 aliphatic heterocycles. The quantitative estimate of drug-likeness (QED) is 0.812. The lowest BCUT2D eigenvalue weighted by Gasteiger charge is -2.02. The van der Waals surface area contributed by atoms with Gasteiger partial charge in [0.1, 0.15) is 5.00 Å². The summed E-state index contributed by atoms with van der Waals surface area (Å²) in [5, 5.41) is 3.31. The molecule has 0 atom stereocenters. The molecule has 16 heavy (non-hydrogen) atoms. The highest BCUT2D eigenvalue weighted by Gasteiger charge is 2.12. The van der Waals surface area contributed by atoms with Gasteiger partial charge in [0, 0.05) is 12.4 Å². The summed E-state index contributed by atoms with van der Waals surface area (Å²) < 4.78 is 4.05. The molecule has 0 radical (unpaired) electrons. The number of nitrogens with zero attached hydrogens (tertiary/aromatic N) is 3. The Morgan fingerprint density at radius 1 is 1.44 bits per heavy atom. The molecule has 0 aliphatic carbocycles. The van der Waals surface area contributed by atoms with Crippen molar-refractivity contribution >= 4 is 28.3 Å². The van der Waals surface area contributed by atoms with Gasteiger partial charge in [0.15, 0.2) is 11.5 Å². The number of nitrogens with two attached hydrogens (primary N) is 1. The van der Waals surface area contributed by atoms with Crippen LogP contribution in [0.3, 0.4) is 0 Å². The summed E-state index contributed by atoms with van der Waals surface area (Å²) in [6, 6.07) is 1.77. The van der Waals surface area contributed by atoms with Gasteiger partial charge in [0.2, 0.25) is 0 Å². The maximum absolute atomic E-state index is 11.7. The third-order valence-electron chi connectivity index (χ3n) is 1.81. The Labute approximate surface area is 95.7 Å². The number of nitrogen functional groups attached to an aromatic ring is 1. The van der Waals surface area contributed by atoms with Gasteiger partial charge in [-0.3, -0.25) is 4.79 Å². The van der Waals surface area contributed by atoms with Crippen molar-refractivity contribution in [2.24, 2.45) is 0 Å². The van der Waals surface area contributed by atoms with Gasteiger partial charge in [0.05, 0.1) is 5.69 Å². The predicted molar refractivity (Wildman–Crippen MR) is 61.2 cm³/mol. The summed E-state index contributed by atoms with van der Waals surface area (Å²) >= 11 is 1.21. The minimum absolute atomic E-state index is 0.112. The molecule has 0 saturated carbocycles. The van der Waals surface area contributed by atoms with Gasteiger partial charge in [-0.2, -0.15) is 4.37 Å². The van der Waals surface area contributed by atoms with E-state index >= 15 is 0 Å². The van der Waals surface area contributed by atoms with Gasteiger partial charge in [-0.25, -0.2) is 9.97 Å². The van der Waals surface area contributed by atoms with Gasteiger partial charge in [0.25, 0.3) is 5.91 Å².